The first-order valence-electron chi connectivity index (χ1n) is 9.48. The van der Waals surface area contributed by atoms with Crippen molar-refractivity contribution >= 4 is 0 Å². The number of rotatable bonds is 7. The number of benzene rings is 1. The van der Waals surface area contributed by atoms with Crippen LogP contribution < -0.4 is 10.6 Å². The predicted molar refractivity (Wildman–Crippen MR) is 98.7 cm³/mol. The molecule has 2 unspecified atom stereocenters. The van der Waals surface area contributed by atoms with Gasteiger partial charge in [0, 0.05) is 19.1 Å². The van der Waals surface area contributed by atoms with Gasteiger partial charge in [0.15, 0.2) is 0 Å². The van der Waals surface area contributed by atoms with E-state index in [1.165, 1.54) is 24.0 Å². The number of aryl methyl sites for hydroxylation is 1. The maximum absolute atomic E-state index is 3.82. The van der Waals surface area contributed by atoms with E-state index in [4.69, 9.17) is 0 Å². The van der Waals surface area contributed by atoms with E-state index in [1.54, 1.807) is 0 Å². The summed E-state index contributed by atoms with van der Waals surface area (Å²) in [6, 6.07) is 9.44. The molecule has 2 bridgehead atoms. The van der Waals surface area contributed by atoms with Gasteiger partial charge in [0.25, 0.3) is 0 Å². The molecule has 3 fully saturated rings. The monoisotopic (exact) mass is 314 g/mol. The summed E-state index contributed by atoms with van der Waals surface area (Å²) in [5.41, 5.74) is 3.48. The molecule has 1 aromatic rings. The molecule has 2 heteroatoms. The second kappa shape index (κ2) is 6.94. The standard InChI is InChI=1S/C21H34N2/c1-15-7-5-6-8-17(15)9-10-22-11-12-23-20-14-18-13-19(16(20)2)21(18,3)4/h5-8,16,18-20,22-23H,9-14H2,1-4H3/t16?,18?,19-,20-/m1/s1. The molecule has 3 aliphatic carbocycles. The van der Waals surface area contributed by atoms with Gasteiger partial charge in [-0.1, -0.05) is 45.0 Å². The average molecular weight is 315 g/mol. The van der Waals surface area contributed by atoms with Gasteiger partial charge in [-0.15, -0.1) is 0 Å². The van der Waals surface area contributed by atoms with Crippen molar-refractivity contribution in [3.8, 4) is 0 Å². The van der Waals surface area contributed by atoms with Gasteiger partial charge in [-0.3, -0.25) is 0 Å². The minimum Gasteiger partial charge on any atom is -0.315 e. The molecule has 3 aliphatic rings. The summed E-state index contributed by atoms with van der Waals surface area (Å²) in [6.07, 6.45) is 3.99. The fraction of sp³-hybridized carbons (Fsp3) is 0.714. The van der Waals surface area contributed by atoms with E-state index < -0.39 is 0 Å². The molecule has 0 aromatic heterocycles. The lowest BCUT2D eigenvalue weighted by Gasteiger charge is -2.62. The van der Waals surface area contributed by atoms with Crippen LogP contribution in [0.2, 0.25) is 0 Å². The topological polar surface area (TPSA) is 24.1 Å². The summed E-state index contributed by atoms with van der Waals surface area (Å²) >= 11 is 0. The third-order valence-electron chi connectivity index (χ3n) is 6.89. The lowest BCUT2D eigenvalue weighted by Crippen LogP contribution is -2.60. The van der Waals surface area contributed by atoms with Gasteiger partial charge in [0.05, 0.1) is 0 Å². The van der Waals surface area contributed by atoms with Gasteiger partial charge in [-0.2, -0.15) is 0 Å². The maximum atomic E-state index is 3.82. The molecule has 0 spiro atoms. The van der Waals surface area contributed by atoms with Crippen molar-refractivity contribution in [1.82, 2.24) is 10.6 Å². The van der Waals surface area contributed by atoms with Crippen LogP contribution >= 0.6 is 0 Å². The smallest absolute Gasteiger partial charge is 0.00989 e. The van der Waals surface area contributed by atoms with E-state index >= 15 is 0 Å². The average Bonchev–Trinajstić information content (AvgIpc) is 2.53. The van der Waals surface area contributed by atoms with Gasteiger partial charge in [0.2, 0.25) is 0 Å². The number of nitrogens with one attached hydrogen (secondary N) is 2. The number of fused-ring (bicyclic) bond motifs is 2. The molecule has 4 rings (SSSR count). The van der Waals surface area contributed by atoms with Crippen LogP contribution in [0.1, 0.15) is 44.7 Å². The van der Waals surface area contributed by atoms with Crippen LogP contribution in [0.3, 0.4) is 0 Å². The SMILES string of the molecule is Cc1ccccc1CCNCCN[C@@H]1CC2C[C@H](C1C)C2(C)C. The molecule has 0 radical (unpaired) electrons. The molecular weight excluding hydrogens is 280 g/mol. The Bertz CT molecular complexity index is 522. The molecule has 1 aromatic carbocycles. The summed E-state index contributed by atoms with van der Waals surface area (Å²) in [6.45, 7) is 12.9. The van der Waals surface area contributed by atoms with Crippen molar-refractivity contribution in [1.29, 1.82) is 0 Å². The van der Waals surface area contributed by atoms with Gasteiger partial charge >= 0.3 is 0 Å². The van der Waals surface area contributed by atoms with Gasteiger partial charge in [-0.05, 0) is 67.0 Å². The summed E-state index contributed by atoms with van der Waals surface area (Å²) in [5.74, 6) is 2.73. The third kappa shape index (κ3) is 3.49. The van der Waals surface area contributed by atoms with Gasteiger partial charge in [-0.25, -0.2) is 0 Å². The van der Waals surface area contributed by atoms with Crippen molar-refractivity contribution < 1.29 is 0 Å². The highest BCUT2D eigenvalue weighted by molar-refractivity contribution is 5.25. The van der Waals surface area contributed by atoms with Crippen molar-refractivity contribution in [2.45, 2.75) is 53.0 Å². The molecule has 23 heavy (non-hydrogen) atoms. The zero-order valence-electron chi connectivity index (χ0n) is 15.4. The molecule has 128 valence electrons. The Morgan fingerprint density at radius 1 is 1.09 bits per heavy atom. The quantitative estimate of drug-likeness (QED) is 0.748. The molecule has 4 atom stereocenters. The minimum absolute atomic E-state index is 0.601. The maximum Gasteiger partial charge on any atom is 0.00989 e. The summed E-state index contributed by atoms with van der Waals surface area (Å²) in [5, 5.41) is 7.41. The lowest BCUT2D eigenvalue weighted by atomic mass is 9.45. The second-order valence-corrected chi connectivity index (χ2v) is 8.44. The van der Waals surface area contributed by atoms with Crippen molar-refractivity contribution in [2.24, 2.45) is 23.2 Å². The largest absolute Gasteiger partial charge is 0.315 e. The van der Waals surface area contributed by atoms with E-state index in [-0.39, 0.29) is 0 Å². The third-order valence-corrected chi connectivity index (χ3v) is 6.89. The molecule has 0 amide bonds. The summed E-state index contributed by atoms with van der Waals surface area (Å²) in [4.78, 5) is 0. The summed E-state index contributed by atoms with van der Waals surface area (Å²) in [7, 11) is 0. The zero-order valence-corrected chi connectivity index (χ0v) is 15.4. The van der Waals surface area contributed by atoms with Crippen LogP contribution in [0.4, 0.5) is 0 Å². The molecular formula is C21H34N2. The van der Waals surface area contributed by atoms with Crippen LogP contribution in [0.5, 0.6) is 0 Å². The highest BCUT2D eigenvalue weighted by Gasteiger charge is 2.55. The Morgan fingerprint density at radius 2 is 1.87 bits per heavy atom. The van der Waals surface area contributed by atoms with E-state index in [0.29, 0.717) is 5.41 Å². The predicted octanol–water partition coefficient (Wildman–Crippen LogP) is 3.79. The highest BCUT2D eigenvalue weighted by Crippen LogP contribution is 2.61. The second-order valence-electron chi connectivity index (χ2n) is 8.44. The van der Waals surface area contributed by atoms with Crippen LogP contribution in [-0.4, -0.2) is 25.7 Å². The number of hydrogen-bond donors (Lipinski definition) is 2. The Kier molecular flexibility index (Phi) is 5.13. The fourth-order valence-corrected chi connectivity index (χ4v) is 5.00. The summed E-state index contributed by atoms with van der Waals surface area (Å²) < 4.78 is 0. The first-order valence-corrected chi connectivity index (χ1v) is 9.48. The van der Waals surface area contributed by atoms with E-state index in [9.17, 15) is 0 Å². The molecule has 0 heterocycles. The van der Waals surface area contributed by atoms with Gasteiger partial charge < -0.3 is 10.6 Å². The Hall–Kier alpha value is -0.860. The fourth-order valence-electron chi connectivity index (χ4n) is 5.00. The lowest BCUT2D eigenvalue weighted by molar-refractivity contribution is -0.114. The number of hydrogen-bond acceptors (Lipinski definition) is 2. The van der Waals surface area contributed by atoms with Crippen LogP contribution in [0, 0.1) is 30.1 Å². The molecule has 2 N–H and O–H groups in total. The zero-order chi connectivity index (χ0) is 16.4. The Labute approximate surface area is 142 Å². The molecule has 2 nitrogen and oxygen atoms in total. The Balaban J connectivity index is 1.31. The van der Waals surface area contributed by atoms with E-state index in [1.807, 2.05) is 0 Å². The van der Waals surface area contributed by atoms with Crippen LogP contribution in [0.25, 0.3) is 0 Å². The van der Waals surface area contributed by atoms with Crippen LogP contribution in [0.15, 0.2) is 24.3 Å². The first kappa shape index (κ1) is 17.0. The minimum atomic E-state index is 0.601. The normalized spacial score (nSPS) is 31.7. The molecule has 0 aliphatic heterocycles. The molecule has 3 saturated carbocycles. The van der Waals surface area contributed by atoms with Crippen molar-refractivity contribution in [2.75, 3.05) is 19.6 Å². The Morgan fingerprint density at radius 3 is 2.57 bits per heavy atom. The van der Waals surface area contributed by atoms with Crippen molar-refractivity contribution in [3.63, 3.8) is 0 Å². The first-order chi connectivity index (χ1) is 11.0. The highest BCUT2D eigenvalue weighted by atomic mass is 15.0. The molecule has 0 saturated heterocycles. The van der Waals surface area contributed by atoms with E-state index in [0.717, 1.165) is 49.9 Å². The van der Waals surface area contributed by atoms with Crippen molar-refractivity contribution in [3.05, 3.63) is 35.4 Å². The van der Waals surface area contributed by atoms with Gasteiger partial charge in [0.1, 0.15) is 0 Å². The van der Waals surface area contributed by atoms with Crippen LogP contribution in [-0.2, 0) is 6.42 Å². The van der Waals surface area contributed by atoms with E-state index in [2.05, 4.69) is 62.6 Å².